The molecule has 2 aromatic rings. The molecule has 2 rings (SSSR count). The molecule has 0 saturated heterocycles. The van der Waals surface area contributed by atoms with Crippen LogP contribution >= 0.6 is 27.5 Å². The molecule has 0 amide bonds. The summed E-state index contributed by atoms with van der Waals surface area (Å²) in [7, 11) is 0. The molecule has 2 heterocycles. The predicted molar refractivity (Wildman–Crippen MR) is 59.8 cm³/mol. The van der Waals surface area contributed by atoms with Crippen LogP contribution in [0.25, 0.3) is 11.0 Å². The van der Waals surface area contributed by atoms with E-state index in [9.17, 15) is 4.79 Å². The number of hydrogen-bond acceptors (Lipinski definition) is 2. The van der Waals surface area contributed by atoms with Crippen molar-refractivity contribution >= 4 is 38.6 Å². The first kappa shape index (κ1) is 9.68. The van der Waals surface area contributed by atoms with Gasteiger partial charge in [0.15, 0.2) is 0 Å². The van der Waals surface area contributed by atoms with Gasteiger partial charge in [0.05, 0.1) is 5.52 Å². The average Bonchev–Trinajstić information content (AvgIpc) is 2.16. The number of aromatic nitrogens is 2. The molecule has 0 aliphatic heterocycles. The van der Waals surface area contributed by atoms with Crippen molar-refractivity contribution in [3.05, 3.63) is 37.7 Å². The third kappa shape index (κ3) is 1.44. The van der Waals surface area contributed by atoms with Gasteiger partial charge in [-0.15, -0.1) is 0 Å². The van der Waals surface area contributed by atoms with Gasteiger partial charge in [0.25, 0.3) is 0 Å². The van der Waals surface area contributed by atoms with E-state index < -0.39 is 0 Å². The fraction of sp³-hybridized carbons (Fsp3) is 0.111. The van der Waals surface area contributed by atoms with E-state index in [2.05, 4.69) is 25.9 Å². The van der Waals surface area contributed by atoms with Crippen molar-refractivity contribution in [2.45, 2.75) is 6.92 Å². The molecule has 0 saturated carbocycles. The first-order chi connectivity index (χ1) is 6.59. The highest BCUT2D eigenvalue weighted by atomic mass is 79.9. The van der Waals surface area contributed by atoms with Crippen molar-refractivity contribution in [3.8, 4) is 0 Å². The van der Waals surface area contributed by atoms with Gasteiger partial charge in [0.2, 0.25) is 5.43 Å². The smallest absolute Gasteiger partial charge is 0.226 e. The molecule has 0 aromatic carbocycles. The Morgan fingerprint density at radius 2 is 2.21 bits per heavy atom. The molecule has 0 aliphatic rings. The maximum atomic E-state index is 11.7. The summed E-state index contributed by atoms with van der Waals surface area (Å²) in [6, 6.07) is 3.56. The quantitative estimate of drug-likeness (QED) is 0.750. The minimum Gasteiger partial charge on any atom is -0.356 e. The van der Waals surface area contributed by atoms with Crippen LogP contribution in [0, 0.1) is 6.92 Å². The van der Waals surface area contributed by atoms with E-state index in [-0.39, 0.29) is 10.5 Å². The highest BCUT2D eigenvalue weighted by Gasteiger charge is 2.07. The summed E-state index contributed by atoms with van der Waals surface area (Å²) in [5.74, 6) is 0. The van der Waals surface area contributed by atoms with Crippen LogP contribution in [-0.4, -0.2) is 9.97 Å². The Morgan fingerprint density at radius 3 is 2.93 bits per heavy atom. The highest BCUT2D eigenvalue weighted by Crippen LogP contribution is 2.15. The highest BCUT2D eigenvalue weighted by molar-refractivity contribution is 9.10. The van der Waals surface area contributed by atoms with Gasteiger partial charge in [-0.1, -0.05) is 11.6 Å². The lowest BCUT2D eigenvalue weighted by Crippen LogP contribution is -2.07. The van der Waals surface area contributed by atoms with Crippen molar-refractivity contribution in [1.82, 2.24) is 9.97 Å². The monoisotopic (exact) mass is 272 g/mol. The number of halogens is 2. The van der Waals surface area contributed by atoms with Crippen LogP contribution in [0.15, 0.2) is 21.5 Å². The number of nitrogens with zero attached hydrogens (tertiary/aromatic N) is 1. The summed E-state index contributed by atoms with van der Waals surface area (Å²) in [6.07, 6.45) is 0. The number of H-pyrrole nitrogens is 1. The maximum absolute atomic E-state index is 11.7. The van der Waals surface area contributed by atoms with Crippen molar-refractivity contribution in [2.75, 3.05) is 0 Å². The van der Waals surface area contributed by atoms with Gasteiger partial charge in [-0.2, -0.15) is 0 Å². The molecule has 0 atom stereocenters. The minimum atomic E-state index is -0.237. The molecular formula is C9H6BrClN2O. The number of fused-ring (bicyclic) bond motifs is 1. The number of pyridine rings is 2. The summed E-state index contributed by atoms with van der Waals surface area (Å²) in [6.45, 7) is 1.76. The van der Waals surface area contributed by atoms with Crippen LogP contribution in [0.1, 0.15) is 5.69 Å². The molecule has 3 nitrogen and oxygen atoms in total. The van der Waals surface area contributed by atoms with Gasteiger partial charge in [-0.25, -0.2) is 4.98 Å². The number of aryl methyl sites for hydroxylation is 1. The molecule has 0 aliphatic carbocycles. The molecule has 14 heavy (non-hydrogen) atoms. The summed E-state index contributed by atoms with van der Waals surface area (Å²) < 4.78 is 0.621. The van der Waals surface area contributed by atoms with Gasteiger partial charge in [0.1, 0.15) is 15.1 Å². The molecule has 0 unspecified atom stereocenters. The SMILES string of the molecule is Cc1[nH]c2ccc(Br)nc2c(=O)c1Cl. The molecule has 1 N–H and O–H groups in total. The van der Waals surface area contributed by atoms with Gasteiger partial charge >= 0.3 is 0 Å². The van der Waals surface area contributed by atoms with E-state index in [4.69, 9.17) is 11.6 Å². The van der Waals surface area contributed by atoms with Crippen LogP contribution in [0.5, 0.6) is 0 Å². The molecule has 0 spiro atoms. The number of nitrogens with one attached hydrogen (secondary N) is 1. The van der Waals surface area contributed by atoms with Crippen LogP contribution in [0.3, 0.4) is 0 Å². The second-order valence-electron chi connectivity index (χ2n) is 2.92. The van der Waals surface area contributed by atoms with Crippen LogP contribution in [0.4, 0.5) is 0 Å². The molecule has 0 bridgehead atoms. The van der Waals surface area contributed by atoms with Gasteiger partial charge in [-0.05, 0) is 35.0 Å². The second-order valence-corrected chi connectivity index (χ2v) is 4.11. The van der Waals surface area contributed by atoms with Crippen LogP contribution in [-0.2, 0) is 0 Å². The van der Waals surface area contributed by atoms with Gasteiger partial charge in [-0.3, -0.25) is 4.79 Å². The first-order valence-corrected chi connectivity index (χ1v) is 5.11. The molecular weight excluding hydrogens is 267 g/mol. The summed E-state index contributed by atoms with van der Waals surface area (Å²) in [5.41, 5.74) is 1.47. The Kier molecular flexibility index (Phi) is 2.33. The molecule has 0 fully saturated rings. The topological polar surface area (TPSA) is 45.8 Å². The Labute approximate surface area is 93.2 Å². The van der Waals surface area contributed by atoms with Gasteiger partial charge < -0.3 is 4.98 Å². The third-order valence-corrected chi connectivity index (χ3v) is 2.82. The minimum absolute atomic E-state index is 0.197. The van der Waals surface area contributed by atoms with E-state index in [0.717, 1.165) is 0 Å². The molecule has 72 valence electrons. The fourth-order valence-electron chi connectivity index (χ4n) is 1.24. The zero-order valence-corrected chi connectivity index (χ0v) is 9.61. The van der Waals surface area contributed by atoms with Gasteiger partial charge in [0, 0.05) is 5.69 Å². The standard InChI is InChI=1S/C9H6BrClN2O/c1-4-7(11)9(14)8-5(12-4)2-3-6(10)13-8/h2-3H,1H3,(H,12,14). The van der Waals surface area contributed by atoms with Crippen LogP contribution in [0.2, 0.25) is 5.02 Å². The number of hydrogen-bond donors (Lipinski definition) is 1. The normalized spacial score (nSPS) is 10.8. The van der Waals surface area contributed by atoms with E-state index in [1.807, 2.05) is 0 Å². The first-order valence-electron chi connectivity index (χ1n) is 3.94. The summed E-state index contributed by atoms with van der Waals surface area (Å²) in [5, 5.41) is 0.197. The predicted octanol–water partition coefficient (Wildman–Crippen LogP) is 2.65. The number of aromatic amines is 1. The third-order valence-electron chi connectivity index (χ3n) is 1.93. The lowest BCUT2D eigenvalue weighted by atomic mass is 10.3. The van der Waals surface area contributed by atoms with E-state index in [0.29, 0.717) is 21.3 Å². The second kappa shape index (κ2) is 3.37. The largest absolute Gasteiger partial charge is 0.356 e. The fourth-order valence-corrected chi connectivity index (χ4v) is 1.69. The average molecular weight is 274 g/mol. The van der Waals surface area contributed by atoms with Crippen molar-refractivity contribution < 1.29 is 0 Å². The molecule has 0 radical (unpaired) electrons. The zero-order valence-electron chi connectivity index (χ0n) is 7.27. The lowest BCUT2D eigenvalue weighted by molar-refractivity contribution is 1.21. The lowest BCUT2D eigenvalue weighted by Gasteiger charge is -2.01. The molecule has 5 heteroatoms. The number of rotatable bonds is 0. The molecule has 2 aromatic heterocycles. The Bertz CT molecular complexity index is 564. The van der Waals surface area contributed by atoms with Crippen LogP contribution < -0.4 is 5.43 Å². The Hall–Kier alpha value is -0.870. The summed E-state index contributed by atoms with van der Waals surface area (Å²) >= 11 is 9.01. The summed E-state index contributed by atoms with van der Waals surface area (Å²) in [4.78, 5) is 18.7. The Morgan fingerprint density at radius 1 is 1.50 bits per heavy atom. The van der Waals surface area contributed by atoms with E-state index in [1.165, 1.54) is 0 Å². The van der Waals surface area contributed by atoms with E-state index in [1.54, 1.807) is 19.1 Å². The zero-order chi connectivity index (χ0) is 10.3. The Balaban J connectivity index is 2.99. The van der Waals surface area contributed by atoms with Crippen molar-refractivity contribution in [3.63, 3.8) is 0 Å². The van der Waals surface area contributed by atoms with Crippen molar-refractivity contribution in [1.29, 1.82) is 0 Å². The van der Waals surface area contributed by atoms with E-state index >= 15 is 0 Å². The van der Waals surface area contributed by atoms with Crippen molar-refractivity contribution in [2.24, 2.45) is 0 Å². The maximum Gasteiger partial charge on any atom is 0.226 e.